The third kappa shape index (κ3) is 12.2. The van der Waals surface area contributed by atoms with Gasteiger partial charge in [0.15, 0.2) is 80.5 Å². The predicted octanol–water partition coefficient (Wildman–Crippen LogP) is 4.52. The molecule has 0 aliphatic carbocycles. The first kappa shape index (κ1) is 57.9. The number of phenols is 14. The molecule has 32 heteroatoms. The van der Waals surface area contributed by atoms with Gasteiger partial charge in [0.25, 0.3) is 0 Å². The van der Waals surface area contributed by atoms with Crippen molar-refractivity contribution in [3.8, 4) is 121 Å². The van der Waals surface area contributed by atoms with E-state index >= 15 is 0 Å². The van der Waals surface area contributed by atoms with E-state index in [1.165, 1.54) is 12.3 Å². The van der Waals surface area contributed by atoms with Crippen LogP contribution in [0.3, 0.4) is 0 Å². The number of benzene rings is 7. The number of phenolic OH excluding ortho intramolecular Hbond substituents is 14. The first-order valence-electron chi connectivity index (χ1n) is 22.8. The van der Waals surface area contributed by atoms with E-state index < -0.39 is 207 Å². The summed E-state index contributed by atoms with van der Waals surface area (Å²) in [5.41, 5.74) is -5.42. The number of carboxylic acids is 1. The number of hydrogen-bond donors (Lipinski definition) is 16. The first-order valence-corrected chi connectivity index (χ1v) is 22.8. The standard InChI is InChI=1S/C53H32N2O30/c56-25-3-17(46(70)71)10-32(39(25)63)79-47(72)18-4-26(57)40(64)33(11-18)80-48(73)19-5-27(58)41(65)34(12-19)81-49(74)20-6-28(59)42(66)35(13-20)82-50(75)21-7-29(60)43(67)36(14-21)83-51(76)22-8-30(61)44(68)37(15-22)84-52(77)23-9-31(62)45(69)38(16-23)85-53(78)24-1-2-54-55-24/h1-16,56-69H,(H,54,55)(H,70,71). The Kier molecular flexibility index (Phi) is 15.5. The highest BCUT2D eigenvalue weighted by Crippen LogP contribution is 2.45. The highest BCUT2D eigenvalue weighted by molar-refractivity contribution is 6.00. The minimum absolute atomic E-state index is 0.204. The summed E-state index contributed by atoms with van der Waals surface area (Å²) in [5.74, 6) is -34.7. The summed E-state index contributed by atoms with van der Waals surface area (Å²) < 4.78 is 35.3. The zero-order valence-corrected chi connectivity index (χ0v) is 41.5. The molecular formula is C53H32N2O30. The molecule has 0 saturated heterocycles. The summed E-state index contributed by atoms with van der Waals surface area (Å²) in [7, 11) is 0. The molecule has 0 radical (unpaired) electrons. The van der Waals surface area contributed by atoms with Crippen molar-refractivity contribution in [3.63, 3.8) is 0 Å². The Bertz CT molecular complexity index is 4170. The van der Waals surface area contributed by atoms with Gasteiger partial charge in [-0.1, -0.05) is 0 Å². The predicted molar refractivity (Wildman–Crippen MR) is 269 cm³/mol. The van der Waals surface area contributed by atoms with E-state index in [0.29, 0.717) is 78.9 Å². The van der Waals surface area contributed by atoms with Gasteiger partial charge in [-0.3, -0.25) is 5.10 Å². The third-order valence-corrected chi connectivity index (χ3v) is 11.2. The number of rotatable bonds is 15. The lowest BCUT2D eigenvalue weighted by Gasteiger charge is -2.14. The topological polar surface area (TPSA) is 533 Å². The van der Waals surface area contributed by atoms with Crippen molar-refractivity contribution in [2.24, 2.45) is 0 Å². The molecule has 16 N–H and O–H groups in total. The maximum absolute atomic E-state index is 13.4. The summed E-state index contributed by atoms with van der Waals surface area (Å²) >= 11 is 0. The van der Waals surface area contributed by atoms with Crippen LogP contribution in [0.5, 0.6) is 121 Å². The fourth-order valence-electron chi connectivity index (χ4n) is 7.00. The Balaban J connectivity index is 0.962. The van der Waals surface area contributed by atoms with Crippen molar-refractivity contribution >= 4 is 47.8 Å². The maximum atomic E-state index is 13.4. The van der Waals surface area contributed by atoms with Crippen LogP contribution < -0.4 is 33.2 Å². The van der Waals surface area contributed by atoms with Gasteiger partial charge in [-0.2, -0.15) is 5.10 Å². The van der Waals surface area contributed by atoms with E-state index in [-0.39, 0.29) is 5.69 Å². The molecule has 0 aliphatic rings. The van der Waals surface area contributed by atoms with E-state index in [0.717, 1.165) is 6.07 Å². The summed E-state index contributed by atoms with van der Waals surface area (Å²) in [6.45, 7) is 0. The number of aromatic carboxylic acids is 1. The lowest BCUT2D eigenvalue weighted by atomic mass is 10.1. The van der Waals surface area contributed by atoms with Crippen molar-refractivity contribution in [1.82, 2.24) is 10.2 Å². The molecule has 32 nitrogen and oxygen atoms in total. The van der Waals surface area contributed by atoms with Crippen molar-refractivity contribution in [2.75, 3.05) is 0 Å². The molecular weight excluding hydrogens is 1140 g/mol. The fraction of sp³-hybridized carbons (Fsp3) is 0. The molecule has 8 aromatic rings. The van der Waals surface area contributed by atoms with E-state index in [2.05, 4.69) is 10.2 Å². The van der Waals surface area contributed by atoms with Gasteiger partial charge in [0.1, 0.15) is 5.69 Å². The number of aromatic hydroxyl groups is 14. The number of hydrogen-bond acceptors (Lipinski definition) is 30. The number of nitrogens with one attached hydrogen (secondary N) is 1. The van der Waals surface area contributed by atoms with Gasteiger partial charge in [-0.05, 0) is 91.0 Å². The second-order valence-electron chi connectivity index (χ2n) is 16.9. The van der Waals surface area contributed by atoms with Crippen LogP contribution in [-0.4, -0.2) is 135 Å². The van der Waals surface area contributed by atoms with Gasteiger partial charge in [-0.15, -0.1) is 0 Å². The average molecular weight is 1180 g/mol. The quantitative estimate of drug-likeness (QED) is 0.0381. The number of nitrogens with zero attached hydrogens (tertiary/aromatic N) is 1. The summed E-state index contributed by atoms with van der Waals surface area (Å²) in [6, 6.07) is 9.48. The number of H-pyrrole nitrogens is 1. The van der Waals surface area contributed by atoms with Gasteiger partial charge in [0.05, 0.1) is 38.9 Å². The minimum atomic E-state index is -1.61. The second-order valence-corrected chi connectivity index (χ2v) is 16.9. The summed E-state index contributed by atoms with van der Waals surface area (Å²) in [6.07, 6.45) is 1.19. The summed E-state index contributed by atoms with van der Waals surface area (Å²) in [5, 5.41) is 160. The van der Waals surface area contributed by atoms with Crippen molar-refractivity contribution in [2.45, 2.75) is 0 Å². The third-order valence-electron chi connectivity index (χ3n) is 11.2. The molecule has 0 saturated carbocycles. The molecule has 0 unspecified atom stereocenters. The molecule has 0 bridgehead atoms. The van der Waals surface area contributed by atoms with Crippen LogP contribution >= 0.6 is 0 Å². The molecule has 1 heterocycles. The first-order chi connectivity index (χ1) is 40.1. The molecule has 0 spiro atoms. The van der Waals surface area contributed by atoms with E-state index in [1.54, 1.807) is 0 Å². The maximum Gasteiger partial charge on any atom is 0.361 e. The number of carbonyl (C=O) groups is 8. The minimum Gasteiger partial charge on any atom is -0.504 e. The van der Waals surface area contributed by atoms with E-state index in [4.69, 9.17) is 33.2 Å². The van der Waals surface area contributed by atoms with Crippen LogP contribution in [0.1, 0.15) is 83.0 Å². The molecule has 0 amide bonds. The van der Waals surface area contributed by atoms with Crippen LogP contribution in [0.4, 0.5) is 0 Å². The molecule has 0 fully saturated rings. The Hall–Kier alpha value is -13.3. The van der Waals surface area contributed by atoms with Crippen LogP contribution in [0, 0.1) is 0 Å². The molecule has 434 valence electrons. The molecule has 7 aromatic carbocycles. The highest BCUT2D eigenvalue weighted by Gasteiger charge is 2.29. The number of carbonyl (C=O) groups excluding carboxylic acids is 7. The van der Waals surface area contributed by atoms with Crippen molar-refractivity contribution < 1.29 is 148 Å². The monoisotopic (exact) mass is 1180 g/mol. The number of esters is 7. The van der Waals surface area contributed by atoms with E-state index in [9.17, 15) is 115 Å². The van der Waals surface area contributed by atoms with Gasteiger partial charge >= 0.3 is 47.8 Å². The lowest BCUT2D eigenvalue weighted by Crippen LogP contribution is -2.14. The number of ether oxygens (including phenoxy) is 7. The normalized spacial score (nSPS) is 10.7. The Labute approximate surface area is 467 Å². The number of aromatic amines is 1. The van der Waals surface area contributed by atoms with Crippen molar-refractivity contribution in [3.05, 3.63) is 142 Å². The SMILES string of the molecule is O=C(O)c1cc(O)c(O)c(OC(=O)c2cc(O)c(O)c(OC(=O)c3cc(O)c(O)c(OC(=O)c4cc(O)c(O)c(OC(=O)c5cc(O)c(O)c(OC(=O)c6cc(O)c(O)c(OC(=O)c7cc(O)c(O)c(OC(=O)c8ccn[nH]8)c7)c6)c5)c4)c3)c2)c1. The van der Waals surface area contributed by atoms with Gasteiger partial charge in [0.2, 0.25) is 40.2 Å². The highest BCUT2D eigenvalue weighted by atomic mass is 16.6. The smallest absolute Gasteiger partial charge is 0.361 e. The molecule has 0 aliphatic heterocycles. The largest absolute Gasteiger partial charge is 0.504 e. The van der Waals surface area contributed by atoms with Gasteiger partial charge < -0.3 is 110 Å². The van der Waals surface area contributed by atoms with Crippen LogP contribution in [-0.2, 0) is 0 Å². The van der Waals surface area contributed by atoms with Gasteiger partial charge in [0, 0.05) is 6.20 Å². The fourth-order valence-corrected chi connectivity index (χ4v) is 7.00. The molecule has 1 aromatic heterocycles. The Morgan fingerprint density at radius 2 is 0.471 bits per heavy atom. The van der Waals surface area contributed by atoms with Crippen LogP contribution in [0.2, 0.25) is 0 Å². The summed E-state index contributed by atoms with van der Waals surface area (Å²) in [4.78, 5) is 103. The molecule has 85 heavy (non-hydrogen) atoms. The molecule has 8 rings (SSSR count). The zero-order valence-electron chi connectivity index (χ0n) is 41.5. The Morgan fingerprint density at radius 1 is 0.282 bits per heavy atom. The number of carboxylic acid groups (broad SMARTS) is 1. The van der Waals surface area contributed by atoms with Crippen molar-refractivity contribution in [1.29, 1.82) is 0 Å². The van der Waals surface area contributed by atoms with Gasteiger partial charge in [-0.25, -0.2) is 38.4 Å². The Morgan fingerprint density at radius 3 is 0.659 bits per heavy atom. The lowest BCUT2D eigenvalue weighted by molar-refractivity contribution is 0.0684. The average Bonchev–Trinajstić information content (AvgIpc) is 2.79. The van der Waals surface area contributed by atoms with E-state index in [1.807, 2.05) is 0 Å². The zero-order chi connectivity index (χ0) is 62.0. The molecule has 0 atom stereocenters. The van der Waals surface area contributed by atoms with Crippen LogP contribution in [0.25, 0.3) is 0 Å². The number of aromatic nitrogens is 2. The van der Waals surface area contributed by atoms with Crippen LogP contribution in [0.15, 0.2) is 97.2 Å². The second kappa shape index (κ2) is 22.8.